The highest BCUT2D eigenvalue weighted by atomic mass is 35.5. The minimum absolute atomic E-state index is 0.848. The molecule has 1 aromatic rings. The van der Waals surface area contributed by atoms with Crippen molar-refractivity contribution in [1.82, 2.24) is 0 Å². The van der Waals surface area contributed by atoms with Crippen LogP contribution < -0.4 is 4.74 Å². The summed E-state index contributed by atoms with van der Waals surface area (Å²) in [6.45, 7) is 0. The Balaban J connectivity index is 2.19. The molecule has 0 bridgehead atoms. The number of ether oxygens (including phenoxy) is 1. The van der Waals surface area contributed by atoms with Crippen LogP contribution in [-0.2, 0) is 0 Å². The van der Waals surface area contributed by atoms with Gasteiger partial charge in [0, 0.05) is 11.1 Å². The molecule has 3 heteroatoms. The van der Waals surface area contributed by atoms with Crippen molar-refractivity contribution >= 4 is 22.8 Å². The first-order chi connectivity index (χ1) is 9.16. The quantitative estimate of drug-likeness (QED) is 0.560. The minimum atomic E-state index is 0.848. The van der Waals surface area contributed by atoms with Gasteiger partial charge in [-0.2, -0.15) is 0 Å². The summed E-state index contributed by atoms with van der Waals surface area (Å²) in [5, 5.41) is 0.848. The number of hydrogen-bond donors (Lipinski definition) is 0. The lowest BCUT2D eigenvalue weighted by Crippen LogP contribution is -2.17. The Morgan fingerprint density at radius 1 is 1.21 bits per heavy atom. The smallest absolute Gasteiger partial charge is 0.169 e. The van der Waals surface area contributed by atoms with E-state index in [-0.39, 0.29) is 0 Å². The highest BCUT2D eigenvalue weighted by molar-refractivity contribution is 6.50. The standard InChI is InChI=1S/C16H17ClNO/c1-18(2)10-11-6-5-8-13-15(17)12-7-3-4-9-14(12)19-16(11)13/h3-4,7,9-10H,5-6,8H2,1-2H3/q+1. The molecule has 0 saturated heterocycles. The van der Waals surface area contributed by atoms with Gasteiger partial charge in [-0.15, -0.1) is 0 Å². The molecule has 0 spiro atoms. The van der Waals surface area contributed by atoms with Crippen molar-refractivity contribution in [3.63, 3.8) is 0 Å². The molecule has 2 nitrogen and oxygen atoms in total. The number of hydrogen-bond acceptors (Lipinski definition) is 1. The molecule has 3 rings (SSSR count). The summed E-state index contributed by atoms with van der Waals surface area (Å²) in [5.41, 5.74) is 3.40. The van der Waals surface area contributed by atoms with E-state index in [9.17, 15) is 0 Å². The third-order valence-electron chi connectivity index (χ3n) is 3.45. The van der Waals surface area contributed by atoms with E-state index < -0.39 is 0 Å². The van der Waals surface area contributed by atoms with Crippen molar-refractivity contribution in [3.8, 4) is 5.75 Å². The van der Waals surface area contributed by atoms with Crippen LogP contribution in [0.5, 0.6) is 5.75 Å². The average molecular weight is 275 g/mol. The fourth-order valence-electron chi connectivity index (χ4n) is 2.66. The minimum Gasteiger partial charge on any atom is -0.456 e. The van der Waals surface area contributed by atoms with Gasteiger partial charge in [-0.05, 0) is 31.4 Å². The van der Waals surface area contributed by atoms with E-state index in [0.29, 0.717) is 0 Å². The van der Waals surface area contributed by atoms with Gasteiger partial charge in [-0.1, -0.05) is 23.7 Å². The molecule has 2 aliphatic rings. The second-order valence-corrected chi connectivity index (χ2v) is 5.57. The predicted molar refractivity (Wildman–Crippen MR) is 78.9 cm³/mol. The second-order valence-electron chi connectivity index (χ2n) is 5.19. The average Bonchev–Trinajstić information content (AvgIpc) is 2.40. The van der Waals surface area contributed by atoms with E-state index in [2.05, 4.69) is 10.8 Å². The lowest BCUT2D eigenvalue weighted by atomic mass is 9.90. The number of allylic oxidation sites excluding steroid dienone is 2. The highest BCUT2D eigenvalue weighted by Gasteiger charge is 2.28. The maximum Gasteiger partial charge on any atom is 0.169 e. The first-order valence-electron chi connectivity index (χ1n) is 6.57. The zero-order valence-corrected chi connectivity index (χ0v) is 12.0. The third-order valence-corrected chi connectivity index (χ3v) is 3.88. The van der Waals surface area contributed by atoms with E-state index in [1.807, 2.05) is 38.4 Å². The summed E-state index contributed by atoms with van der Waals surface area (Å²) in [7, 11) is 4.06. The van der Waals surface area contributed by atoms with Crippen LogP contribution in [0.4, 0.5) is 0 Å². The summed E-state index contributed by atoms with van der Waals surface area (Å²) in [5.74, 6) is 1.82. The molecule has 1 heterocycles. The van der Waals surface area contributed by atoms with Crippen LogP contribution in [-0.4, -0.2) is 24.9 Å². The van der Waals surface area contributed by atoms with E-state index in [1.54, 1.807) is 0 Å². The molecule has 0 aromatic heterocycles. The molecule has 1 aromatic carbocycles. The largest absolute Gasteiger partial charge is 0.456 e. The molecule has 0 amide bonds. The highest BCUT2D eigenvalue weighted by Crippen LogP contribution is 2.44. The number of nitrogens with zero attached hydrogens (tertiary/aromatic N) is 1. The third kappa shape index (κ3) is 2.21. The van der Waals surface area contributed by atoms with Gasteiger partial charge in [0.25, 0.3) is 0 Å². The molecule has 98 valence electrons. The Kier molecular flexibility index (Phi) is 3.19. The van der Waals surface area contributed by atoms with Gasteiger partial charge in [-0.25, -0.2) is 4.58 Å². The topological polar surface area (TPSA) is 12.2 Å². The lowest BCUT2D eigenvalue weighted by molar-refractivity contribution is -0.459. The molecule has 19 heavy (non-hydrogen) atoms. The number of para-hydroxylation sites is 1. The van der Waals surface area contributed by atoms with Gasteiger partial charge >= 0.3 is 0 Å². The van der Waals surface area contributed by atoms with Crippen LogP contribution in [0.3, 0.4) is 0 Å². The summed E-state index contributed by atoms with van der Waals surface area (Å²) in [6.07, 6.45) is 5.30. The van der Waals surface area contributed by atoms with E-state index in [4.69, 9.17) is 16.3 Å². The van der Waals surface area contributed by atoms with E-state index in [0.717, 1.165) is 46.9 Å². The van der Waals surface area contributed by atoms with Crippen molar-refractivity contribution in [2.45, 2.75) is 19.3 Å². The molecule has 1 aliphatic heterocycles. The van der Waals surface area contributed by atoms with Crippen molar-refractivity contribution < 1.29 is 9.31 Å². The summed E-state index contributed by atoms with van der Waals surface area (Å²) >= 11 is 6.56. The van der Waals surface area contributed by atoms with Crippen LogP contribution >= 0.6 is 11.6 Å². The zero-order chi connectivity index (χ0) is 13.4. The lowest BCUT2D eigenvalue weighted by Gasteiger charge is -2.27. The van der Waals surface area contributed by atoms with Gasteiger partial charge in [-0.3, -0.25) is 0 Å². The Morgan fingerprint density at radius 3 is 2.79 bits per heavy atom. The van der Waals surface area contributed by atoms with Crippen molar-refractivity contribution in [1.29, 1.82) is 0 Å². The molecule has 0 radical (unpaired) electrons. The molecule has 0 saturated carbocycles. The maximum absolute atomic E-state index is 6.56. The van der Waals surface area contributed by atoms with Gasteiger partial charge in [0.15, 0.2) is 6.21 Å². The first kappa shape index (κ1) is 12.5. The fraction of sp³-hybridized carbons (Fsp3) is 0.312. The number of halogens is 1. The van der Waals surface area contributed by atoms with Crippen molar-refractivity contribution in [2.24, 2.45) is 0 Å². The molecule has 0 N–H and O–H groups in total. The molecular formula is C16H17ClNO+. The van der Waals surface area contributed by atoms with Crippen molar-refractivity contribution in [3.05, 3.63) is 46.7 Å². The fourth-order valence-corrected chi connectivity index (χ4v) is 2.99. The monoisotopic (exact) mass is 274 g/mol. The Bertz CT molecular complexity index is 621. The van der Waals surface area contributed by atoms with Gasteiger partial charge in [0.05, 0.1) is 10.6 Å². The Hall–Kier alpha value is -1.54. The zero-order valence-electron chi connectivity index (χ0n) is 11.2. The first-order valence-corrected chi connectivity index (χ1v) is 6.95. The van der Waals surface area contributed by atoms with Crippen LogP contribution in [0, 0.1) is 0 Å². The van der Waals surface area contributed by atoms with Crippen LogP contribution in [0.25, 0.3) is 5.03 Å². The summed E-state index contributed by atoms with van der Waals surface area (Å²) < 4.78 is 8.16. The summed E-state index contributed by atoms with van der Waals surface area (Å²) in [4.78, 5) is 0. The van der Waals surface area contributed by atoms with Gasteiger partial charge in [0.1, 0.15) is 25.6 Å². The van der Waals surface area contributed by atoms with Gasteiger partial charge in [0.2, 0.25) is 0 Å². The number of benzene rings is 1. The maximum atomic E-state index is 6.56. The summed E-state index contributed by atoms with van der Waals surface area (Å²) in [6, 6.07) is 7.97. The SMILES string of the molecule is C[N+](C)=CC1=C2Oc3ccccc3C(Cl)=C2CCC1. The van der Waals surface area contributed by atoms with Crippen LogP contribution in [0.2, 0.25) is 0 Å². The van der Waals surface area contributed by atoms with Crippen LogP contribution in [0.1, 0.15) is 24.8 Å². The predicted octanol–water partition coefficient (Wildman–Crippen LogP) is 3.81. The van der Waals surface area contributed by atoms with Gasteiger partial charge < -0.3 is 4.74 Å². The van der Waals surface area contributed by atoms with E-state index in [1.165, 1.54) is 5.57 Å². The molecule has 0 unspecified atom stereocenters. The normalized spacial score (nSPS) is 17.6. The number of rotatable bonds is 1. The molecular weight excluding hydrogens is 258 g/mol. The molecule has 0 atom stereocenters. The molecule has 1 aliphatic carbocycles. The Labute approximate surface area is 118 Å². The number of fused-ring (bicyclic) bond motifs is 2. The van der Waals surface area contributed by atoms with Crippen molar-refractivity contribution in [2.75, 3.05) is 14.1 Å². The Morgan fingerprint density at radius 2 is 2.00 bits per heavy atom. The molecule has 0 fully saturated rings. The van der Waals surface area contributed by atoms with Crippen LogP contribution in [0.15, 0.2) is 41.2 Å². The second kappa shape index (κ2) is 4.86. The van der Waals surface area contributed by atoms with E-state index >= 15 is 0 Å².